The molecule has 0 N–H and O–H groups in total. The second kappa shape index (κ2) is 12.6. The Morgan fingerprint density at radius 3 is 1.52 bits per heavy atom. The summed E-state index contributed by atoms with van der Waals surface area (Å²) in [5, 5.41) is 0. The van der Waals surface area contributed by atoms with E-state index in [4.69, 9.17) is 23.7 Å². The second-order valence-electron chi connectivity index (χ2n) is 5.55. The van der Waals surface area contributed by atoms with Crippen molar-refractivity contribution < 1.29 is 55.4 Å². The fourth-order valence-electron chi connectivity index (χ4n) is 2.57. The predicted molar refractivity (Wildman–Crippen MR) is 99.5 cm³/mol. The van der Waals surface area contributed by atoms with Gasteiger partial charge in [-0.3, -0.25) is 0 Å². The standard InChI is InChI=1S/C20H26O5.2Cr/c1-15-13-16(18(23-4)9-7-11-21-2)20(25-6)17(14-15)19(24-5)10-8-12-22-3;;/h7-10,13-14,18-19H,1-6H3;;/b9-7+,10-8+;;/t18-,19+;;. The molecular weight excluding hydrogens is 424 g/mol. The third-order valence-corrected chi connectivity index (χ3v) is 4.78. The molecule has 0 amide bonds. The van der Waals surface area contributed by atoms with E-state index in [0.29, 0.717) is 14.9 Å². The number of hydrogen-bond donors (Lipinski definition) is 0. The van der Waals surface area contributed by atoms with Crippen molar-refractivity contribution in [3.63, 3.8) is 0 Å². The average molecular weight is 450 g/mol. The summed E-state index contributed by atoms with van der Waals surface area (Å²) in [7, 11) is 8.17. The molecule has 1 rings (SSSR count). The molecule has 0 saturated heterocycles. The molecular formula is C20H26Cr2O5. The molecule has 0 aliphatic carbocycles. The molecule has 0 heterocycles. The van der Waals surface area contributed by atoms with Gasteiger partial charge in [-0.2, -0.15) is 0 Å². The number of benzene rings is 1. The summed E-state index contributed by atoms with van der Waals surface area (Å²) in [6, 6.07) is 4.09. The van der Waals surface area contributed by atoms with Crippen LogP contribution in [0, 0.1) is 6.92 Å². The first-order valence-electron chi connectivity index (χ1n) is 8.18. The molecule has 0 saturated carbocycles. The first-order chi connectivity index (χ1) is 12.9. The summed E-state index contributed by atoms with van der Waals surface area (Å²) in [5.41, 5.74) is 2.89. The number of hydrogen-bond acceptors (Lipinski definition) is 5. The van der Waals surface area contributed by atoms with Crippen LogP contribution in [0.4, 0.5) is 0 Å². The zero-order valence-corrected chi connectivity index (χ0v) is 19.0. The van der Waals surface area contributed by atoms with Gasteiger partial charge in [-0.15, -0.1) is 0 Å². The average Bonchev–Trinajstić information content (AvgIpc) is 2.68. The van der Waals surface area contributed by atoms with Gasteiger partial charge in [-0.25, -0.2) is 0 Å². The van der Waals surface area contributed by atoms with E-state index >= 15 is 0 Å². The Morgan fingerprint density at radius 2 is 1.22 bits per heavy atom. The van der Waals surface area contributed by atoms with E-state index in [1.165, 1.54) is 0 Å². The Labute approximate surface area is 177 Å². The minimum absolute atomic E-state index is 0.306. The minimum atomic E-state index is -0.306. The van der Waals surface area contributed by atoms with Crippen molar-refractivity contribution in [2.24, 2.45) is 0 Å². The Morgan fingerprint density at radius 1 is 0.815 bits per heavy atom. The van der Waals surface area contributed by atoms with E-state index in [1.54, 1.807) is 35.5 Å². The van der Waals surface area contributed by atoms with Gasteiger partial charge in [0.25, 0.3) is 0 Å². The van der Waals surface area contributed by atoms with E-state index < -0.39 is 0 Å². The molecule has 27 heavy (non-hydrogen) atoms. The molecule has 0 aromatic heterocycles. The number of ether oxygens (including phenoxy) is 5. The first kappa shape index (κ1) is 24.2. The first-order valence-corrected chi connectivity index (χ1v) is 9.45. The summed E-state index contributed by atoms with van der Waals surface area (Å²) in [4.78, 5) is 0. The Kier molecular flexibility index (Phi) is 11.3. The van der Waals surface area contributed by atoms with Crippen molar-refractivity contribution in [1.82, 2.24) is 0 Å². The molecule has 148 valence electrons. The molecule has 0 fully saturated rings. The van der Waals surface area contributed by atoms with E-state index in [2.05, 4.69) is 31.7 Å². The van der Waals surface area contributed by atoms with Gasteiger partial charge in [-0.1, -0.05) is 0 Å². The number of methoxy groups -OCH3 is 5. The second-order valence-corrected chi connectivity index (χ2v) is 6.81. The molecule has 1 aromatic rings. The van der Waals surface area contributed by atoms with Crippen LogP contribution in [-0.4, -0.2) is 44.7 Å². The zero-order chi connectivity index (χ0) is 20.4. The van der Waals surface area contributed by atoms with Crippen LogP contribution in [0.5, 0.6) is 5.75 Å². The van der Waals surface area contributed by atoms with Crippen LogP contribution in [0.1, 0.15) is 28.9 Å². The zero-order valence-electron chi connectivity index (χ0n) is 16.5. The number of rotatable bonds is 11. The Balaban J connectivity index is 3.43. The van der Waals surface area contributed by atoms with Crippen molar-refractivity contribution in [3.8, 4) is 5.75 Å². The van der Waals surface area contributed by atoms with Gasteiger partial charge in [0.15, 0.2) is 0 Å². The van der Waals surface area contributed by atoms with Crippen molar-refractivity contribution in [3.05, 3.63) is 53.1 Å². The molecule has 0 unspecified atom stereocenters. The van der Waals surface area contributed by atoms with E-state index in [0.717, 1.165) is 16.7 Å². The normalized spacial score (nSPS) is 13.9. The van der Waals surface area contributed by atoms with Crippen LogP contribution in [0.25, 0.3) is 0 Å². The van der Waals surface area contributed by atoms with Gasteiger partial charge in [0, 0.05) is 0 Å². The van der Waals surface area contributed by atoms with Crippen LogP contribution in [-0.2, 0) is 50.7 Å². The molecule has 0 aliphatic heterocycles. The fraction of sp³-hybridized carbons (Fsp3) is 0.400. The van der Waals surface area contributed by atoms with E-state index in [1.807, 2.05) is 43.4 Å². The van der Waals surface area contributed by atoms with Gasteiger partial charge >= 0.3 is 178 Å². The van der Waals surface area contributed by atoms with Gasteiger partial charge < -0.3 is 0 Å². The molecule has 0 aliphatic rings. The number of aryl methyl sites for hydroxylation is 1. The third kappa shape index (κ3) is 7.24. The van der Waals surface area contributed by atoms with Crippen LogP contribution >= 0.6 is 0 Å². The van der Waals surface area contributed by atoms with E-state index in [-0.39, 0.29) is 12.2 Å². The molecule has 5 nitrogen and oxygen atoms in total. The summed E-state index contributed by atoms with van der Waals surface area (Å²) in [5.74, 6) is 0.715. The summed E-state index contributed by atoms with van der Waals surface area (Å²) in [6.07, 6.45) is 6.86. The maximum atomic E-state index is 5.74. The molecule has 1 aromatic carbocycles. The molecule has 7 heteroatoms. The summed E-state index contributed by atoms with van der Waals surface area (Å²) >= 11 is 5.69. The Hall–Kier alpha value is -0.855. The topological polar surface area (TPSA) is 46.2 Å². The van der Waals surface area contributed by atoms with Crippen molar-refractivity contribution in [2.45, 2.75) is 19.1 Å². The quantitative estimate of drug-likeness (QED) is 0.519. The maximum absolute atomic E-state index is 5.74. The van der Waals surface area contributed by atoms with Crippen molar-refractivity contribution in [2.75, 3.05) is 35.5 Å². The fourth-order valence-corrected chi connectivity index (χ4v) is 2.82. The van der Waals surface area contributed by atoms with Gasteiger partial charge in [0.1, 0.15) is 0 Å². The summed E-state index contributed by atoms with van der Waals surface area (Å²) in [6.45, 7) is 2.03. The van der Waals surface area contributed by atoms with Crippen LogP contribution in [0.2, 0.25) is 0 Å². The van der Waals surface area contributed by atoms with E-state index in [9.17, 15) is 0 Å². The van der Waals surface area contributed by atoms with Gasteiger partial charge in [-0.05, 0) is 0 Å². The molecule has 0 radical (unpaired) electrons. The van der Waals surface area contributed by atoms with Crippen molar-refractivity contribution >= 4 is 9.13 Å². The SMILES string of the molecule is CO[C](=[Cr])/C=C/[C@H](OC)c1cc(C)cc([C@@H](/C=C/[C](=[Cr])OC)OC)c1OC. The third-order valence-electron chi connectivity index (χ3n) is 3.83. The van der Waals surface area contributed by atoms with Crippen molar-refractivity contribution in [1.29, 1.82) is 0 Å². The van der Waals surface area contributed by atoms with Crippen LogP contribution in [0.15, 0.2) is 36.4 Å². The molecule has 0 spiro atoms. The van der Waals surface area contributed by atoms with Gasteiger partial charge in [0.2, 0.25) is 0 Å². The monoisotopic (exact) mass is 450 g/mol. The molecule has 2 atom stereocenters. The molecule has 0 bridgehead atoms. The van der Waals surface area contributed by atoms with Gasteiger partial charge in [0.05, 0.1) is 0 Å². The van der Waals surface area contributed by atoms with Crippen LogP contribution < -0.4 is 4.74 Å². The van der Waals surface area contributed by atoms with Crippen LogP contribution in [0.3, 0.4) is 0 Å². The Bertz CT molecular complexity index is 657. The predicted octanol–water partition coefficient (Wildman–Crippen LogP) is 3.14. The summed E-state index contributed by atoms with van der Waals surface area (Å²) < 4.78 is 28.7.